The molecule has 1 atom stereocenters. The minimum absolute atomic E-state index is 0.00356. The average Bonchev–Trinajstić information content (AvgIpc) is 2.87. The molecular weight excluding hydrogens is 309 g/mol. The van der Waals surface area contributed by atoms with E-state index in [4.69, 9.17) is 4.74 Å². The van der Waals surface area contributed by atoms with Crippen molar-refractivity contribution in [1.82, 2.24) is 15.5 Å². The van der Waals surface area contributed by atoms with Crippen molar-refractivity contribution in [2.45, 2.75) is 45.3 Å². The van der Waals surface area contributed by atoms with Crippen molar-refractivity contribution in [3.8, 4) is 0 Å². The van der Waals surface area contributed by atoms with Crippen LogP contribution >= 0.6 is 0 Å². The predicted octanol–water partition coefficient (Wildman–Crippen LogP) is 1.99. The zero-order valence-corrected chi connectivity index (χ0v) is 14.1. The first-order chi connectivity index (χ1) is 10.9. The highest BCUT2D eigenvalue weighted by atomic mass is 19.4. The van der Waals surface area contributed by atoms with E-state index < -0.39 is 12.7 Å². The molecular formula is C15H29F3N4O. The molecule has 0 aliphatic carbocycles. The molecule has 1 rings (SSSR count). The molecule has 1 saturated heterocycles. The number of alkyl halides is 3. The van der Waals surface area contributed by atoms with Gasteiger partial charge in [-0.2, -0.15) is 13.2 Å². The molecule has 136 valence electrons. The summed E-state index contributed by atoms with van der Waals surface area (Å²) in [6.07, 6.45) is -1.31. The van der Waals surface area contributed by atoms with Gasteiger partial charge in [-0.3, -0.25) is 9.89 Å². The Morgan fingerprint density at radius 2 is 2.09 bits per heavy atom. The Morgan fingerprint density at radius 3 is 2.74 bits per heavy atom. The van der Waals surface area contributed by atoms with Crippen LogP contribution in [0.25, 0.3) is 0 Å². The lowest BCUT2D eigenvalue weighted by atomic mass is 10.3. The SMILES string of the molecule is CCCCOCCN=C(NCC)NC1CCN(CC(F)(F)F)C1. The standard InChI is InChI=1S/C15H29F3N4O/c1-3-5-9-23-10-7-20-14(19-4-2)21-13-6-8-22(11-13)12-15(16,17)18/h13H,3-12H2,1-2H3,(H2,19,20,21). The van der Waals surface area contributed by atoms with Crippen LogP contribution in [0.3, 0.4) is 0 Å². The lowest BCUT2D eigenvalue weighted by Crippen LogP contribution is -2.45. The predicted molar refractivity (Wildman–Crippen MR) is 85.7 cm³/mol. The Labute approximate surface area is 136 Å². The van der Waals surface area contributed by atoms with E-state index in [1.54, 1.807) is 0 Å². The third-order valence-electron chi connectivity index (χ3n) is 3.51. The summed E-state index contributed by atoms with van der Waals surface area (Å²) in [5, 5.41) is 6.33. The van der Waals surface area contributed by atoms with E-state index in [-0.39, 0.29) is 6.04 Å². The molecule has 23 heavy (non-hydrogen) atoms. The number of ether oxygens (including phenoxy) is 1. The number of unbranched alkanes of at least 4 members (excludes halogenated alkanes) is 1. The van der Waals surface area contributed by atoms with Gasteiger partial charge in [0.15, 0.2) is 5.96 Å². The number of rotatable bonds is 9. The first-order valence-corrected chi connectivity index (χ1v) is 8.36. The summed E-state index contributed by atoms with van der Waals surface area (Å²) in [6.45, 7) is 6.61. The highest BCUT2D eigenvalue weighted by Crippen LogP contribution is 2.19. The summed E-state index contributed by atoms with van der Waals surface area (Å²) >= 11 is 0. The number of halogens is 3. The van der Waals surface area contributed by atoms with Gasteiger partial charge in [0.25, 0.3) is 0 Å². The van der Waals surface area contributed by atoms with Gasteiger partial charge in [-0.05, 0) is 19.8 Å². The number of nitrogens with zero attached hydrogens (tertiary/aromatic N) is 2. The van der Waals surface area contributed by atoms with E-state index in [0.717, 1.165) is 19.4 Å². The molecule has 0 spiro atoms. The Hall–Kier alpha value is -1.02. The lowest BCUT2D eigenvalue weighted by Gasteiger charge is -2.19. The fraction of sp³-hybridized carbons (Fsp3) is 0.933. The molecule has 0 aromatic rings. The van der Waals surface area contributed by atoms with E-state index in [2.05, 4.69) is 22.5 Å². The smallest absolute Gasteiger partial charge is 0.380 e. The largest absolute Gasteiger partial charge is 0.401 e. The van der Waals surface area contributed by atoms with E-state index in [0.29, 0.717) is 45.2 Å². The van der Waals surface area contributed by atoms with Crippen molar-refractivity contribution in [3.05, 3.63) is 0 Å². The second-order valence-electron chi connectivity index (χ2n) is 5.71. The number of guanidine groups is 1. The van der Waals surface area contributed by atoms with E-state index in [1.165, 1.54) is 4.90 Å². The average molecular weight is 338 g/mol. The van der Waals surface area contributed by atoms with Crippen molar-refractivity contribution in [3.63, 3.8) is 0 Å². The fourth-order valence-electron chi connectivity index (χ4n) is 2.43. The third-order valence-corrected chi connectivity index (χ3v) is 3.51. The van der Waals surface area contributed by atoms with E-state index in [9.17, 15) is 13.2 Å². The molecule has 0 bridgehead atoms. The van der Waals surface area contributed by atoms with Crippen molar-refractivity contribution in [1.29, 1.82) is 0 Å². The Balaban J connectivity index is 2.32. The van der Waals surface area contributed by atoms with Crippen molar-refractivity contribution in [2.75, 3.05) is 45.9 Å². The van der Waals surface area contributed by atoms with E-state index >= 15 is 0 Å². The van der Waals surface area contributed by atoms with Crippen LogP contribution in [0, 0.1) is 0 Å². The number of nitrogens with one attached hydrogen (secondary N) is 2. The molecule has 1 fully saturated rings. The number of aliphatic imine (C=N–C) groups is 1. The third kappa shape index (κ3) is 9.65. The molecule has 0 amide bonds. The van der Waals surface area contributed by atoms with Gasteiger partial charge in [-0.25, -0.2) is 0 Å². The zero-order valence-electron chi connectivity index (χ0n) is 14.1. The second kappa shape index (κ2) is 10.7. The van der Waals surface area contributed by atoms with Gasteiger partial charge in [0.2, 0.25) is 0 Å². The summed E-state index contributed by atoms with van der Waals surface area (Å²) in [5.41, 5.74) is 0. The molecule has 5 nitrogen and oxygen atoms in total. The monoisotopic (exact) mass is 338 g/mol. The maximum Gasteiger partial charge on any atom is 0.401 e. The van der Waals surface area contributed by atoms with Gasteiger partial charge in [-0.1, -0.05) is 13.3 Å². The van der Waals surface area contributed by atoms with Crippen LogP contribution in [0.1, 0.15) is 33.1 Å². The van der Waals surface area contributed by atoms with Gasteiger partial charge >= 0.3 is 6.18 Å². The van der Waals surface area contributed by atoms with Crippen molar-refractivity contribution in [2.24, 2.45) is 4.99 Å². The second-order valence-corrected chi connectivity index (χ2v) is 5.71. The first-order valence-electron chi connectivity index (χ1n) is 8.36. The molecule has 0 saturated carbocycles. The summed E-state index contributed by atoms with van der Waals surface area (Å²) in [5.74, 6) is 0.644. The molecule has 8 heteroatoms. The van der Waals surface area contributed by atoms with Gasteiger partial charge in [-0.15, -0.1) is 0 Å². The van der Waals surface area contributed by atoms with Gasteiger partial charge in [0, 0.05) is 32.3 Å². The highest BCUT2D eigenvalue weighted by Gasteiger charge is 2.34. The minimum Gasteiger partial charge on any atom is -0.380 e. The van der Waals surface area contributed by atoms with Crippen molar-refractivity contribution >= 4 is 5.96 Å². The van der Waals surface area contributed by atoms with Crippen LogP contribution in [-0.4, -0.2) is 69.0 Å². The van der Waals surface area contributed by atoms with Crippen LogP contribution in [-0.2, 0) is 4.74 Å². The first kappa shape index (κ1) is 20.0. The maximum atomic E-state index is 12.4. The van der Waals surface area contributed by atoms with Gasteiger partial charge in [0.05, 0.1) is 19.7 Å². The molecule has 1 aliphatic heterocycles. The normalized spacial score (nSPS) is 20.0. The van der Waals surface area contributed by atoms with Crippen LogP contribution in [0.15, 0.2) is 4.99 Å². The van der Waals surface area contributed by atoms with Crippen LogP contribution in [0.2, 0.25) is 0 Å². The molecule has 1 aliphatic rings. The lowest BCUT2D eigenvalue weighted by molar-refractivity contribution is -0.143. The summed E-state index contributed by atoms with van der Waals surface area (Å²) in [7, 11) is 0. The number of likely N-dealkylation sites (tertiary alicyclic amines) is 1. The zero-order chi connectivity index (χ0) is 17.1. The van der Waals surface area contributed by atoms with Gasteiger partial charge in [0.1, 0.15) is 0 Å². The molecule has 1 heterocycles. The maximum absolute atomic E-state index is 12.4. The Kier molecular flexibility index (Phi) is 9.31. The molecule has 2 N–H and O–H groups in total. The molecule has 0 radical (unpaired) electrons. The molecule has 1 unspecified atom stereocenters. The van der Waals surface area contributed by atoms with Crippen molar-refractivity contribution < 1.29 is 17.9 Å². The number of hydrogen-bond acceptors (Lipinski definition) is 3. The fourth-order valence-corrected chi connectivity index (χ4v) is 2.43. The van der Waals surface area contributed by atoms with Crippen LogP contribution < -0.4 is 10.6 Å². The minimum atomic E-state index is -4.14. The number of hydrogen-bond donors (Lipinski definition) is 2. The Morgan fingerprint density at radius 1 is 1.30 bits per heavy atom. The molecule has 0 aromatic carbocycles. The highest BCUT2D eigenvalue weighted by molar-refractivity contribution is 5.80. The summed E-state index contributed by atoms with van der Waals surface area (Å²) in [6, 6.07) is -0.00356. The summed E-state index contributed by atoms with van der Waals surface area (Å²) in [4.78, 5) is 5.83. The van der Waals surface area contributed by atoms with Crippen LogP contribution in [0.4, 0.5) is 13.2 Å². The quantitative estimate of drug-likeness (QED) is 0.384. The van der Waals surface area contributed by atoms with E-state index in [1.807, 2.05) is 6.92 Å². The summed E-state index contributed by atoms with van der Waals surface area (Å²) < 4.78 is 42.6. The molecule has 0 aromatic heterocycles. The van der Waals surface area contributed by atoms with Gasteiger partial charge < -0.3 is 15.4 Å². The van der Waals surface area contributed by atoms with Crippen LogP contribution in [0.5, 0.6) is 0 Å². The Bertz CT molecular complexity index is 350. The topological polar surface area (TPSA) is 48.9 Å².